The topological polar surface area (TPSA) is 29.5 Å². The minimum Gasteiger partial charge on any atom is -0.380 e. The van der Waals surface area contributed by atoms with Crippen LogP contribution in [0.5, 0.6) is 0 Å². The number of rotatable bonds is 4. The van der Waals surface area contributed by atoms with Crippen molar-refractivity contribution < 1.29 is 9.53 Å². The summed E-state index contributed by atoms with van der Waals surface area (Å²) in [6.45, 7) is 4.65. The number of nitrogens with zero attached hydrogens (tertiary/aromatic N) is 1. The molecule has 3 unspecified atom stereocenters. The molecule has 2 fully saturated rings. The van der Waals surface area contributed by atoms with Gasteiger partial charge in [0, 0.05) is 19.2 Å². The van der Waals surface area contributed by atoms with E-state index in [2.05, 4.69) is 18.9 Å². The van der Waals surface area contributed by atoms with Gasteiger partial charge in [0.25, 0.3) is 0 Å². The SMILES string of the molecule is CC1CCCC(N(C)CC2(C=O)CCCOC2)C1. The zero-order valence-corrected chi connectivity index (χ0v) is 11.9. The van der Waals surface area contributed by atoms with Gasteiger partial charge < -0.3 is 14.4 Å². The maximum Gasteiger partial charge on any atom is 0.129 e. The van der Waals surface area contributed by atoms with Gasteiger partial charge >= 0.3 is 0 Å². The lowest BCUT2D eigenvalue weighted by atomic mass is 9.81. The highest BCUT2D eigenvalue weighted by Gasteiger charge is 2.36. The summed E-state index contributed by atoms with van der Waals surface area (Å²) in [5.41, 5.74) is -0.242. The molecular formula is C15H27NO2. The van der Waals surface area contributed by atoms with E-state index in [1.165, 1.54) is 25.7 Å². The Balaban J connectivity index is 1.91. The molecule has 0 aromatic heterocycles. The zero-order chi connectivity index (χ0) is 13.0. The van der Waals surface area contributed by atoms with Gasteiger partial charge in [0.05, 0.1) is 12.0 Å². The lowest BCUT2D eigenvalue weighted by Gasteiger charge is -2.40. The van der Waals surface area contributed by atoms with Gasteiger partial charge in [-0.05, 0) is 38.6 Å². The summed E-state index contributed by atoms with van der Waals surface area (Å²) in [5.74, 6) is 0.834. The van der Waals surface area contributed by atoms with E-state index in [9.17, 15) is 4.79 Å². The van der Waals surface area contributed by atoms with Crippen LogP contribution in [0.25, 0.3) is 0 Å². The fraction of sp³-hybridized carbons (Fsp3) is 0.933. The molecule has 3 heteroatoms. The Morgan fingerprint density at radius 3 is 2.83 bits per heavy atom. The second-order valence-electron chi connectivity index (χ2n) is 6.48. The molecule has 0 radical (unpaired) electrons. The molecule has 3 atom stereocenters. The lowest BCUT2D eigenvalue weighted by Crippen LogP contribution is -2.47. The van der Waals surface area contributed by atoms with Crippen molar-refractivity contribution in [3.63, 3.8) is 0 Å². The second-order valence-corrected chi connectivity index (χ2v) is 6.48. The average molecular weight is 253 g/mol. The van der Waals surface area contributed by atoms with Crippen molar-refractivity contribution in [1.29, 1.82) is 0 Å². The molecular weight excluding hydrogens is 226 g/mol. The highest BCUT2D eigenvalue weighted by Crippen LogP contribution is 2.31. The molecule has 2 aliphatic rings. The Hall–Kier alpha value is -0.410. The molecule has 0 aromatic rings. The van der Waals surface area contributed by atoms with Crippen LogP contribution >= 0.6 is 0 Å². The third-order valence-corrected chi connectivity index (χ3v) is 4.70. The summed E-state index contributed by atoms with van der Waals surface area (Å²) in [5, 5.41) is 0. The van der Waals surface area contributed by atoms with Crippen LogP contribution in [0.15, 0.2) is 0 Å². The smallest absolute Gasteiger partial charge is 0.129 e. The molecule has 0 amide bonds. The third-order valence-electron chi connectivity index (χ3n) is 4.70. The molecule has 0 bridgehead atoms. The van der Waals surface area contributed by atoms with Gasteiger partial charge in [0.2, 0.25) is 0 Å². The van der Waals surface area contributed by atoms with E-state index in [1.54, 1.807) is 0 Å². The maximum atomic E-state index is 11.5. The van der Waals surface area contributed by atoms with Crippen molar-refractivity contribution in [2.24, 2.45) is 11.3 Å². The summed E-state index contributed by atoms with van der Waals surface area (Å²) >= 11 is 0. The Bertz CT molecular complexity index is 274. The Labute approximate surface area is 111 Å². The van der Waals surface area contributed by atoms with Crippen LogP contribution in [0.1, 0.15) is 45.4 Å². The molecule has 1 aliphatic carbocycles. The van der Waals surface area contributed by atoms with Crippen molar-refractivity contribution in [3.05, 3.63) is 0 Å². The van der Waals surface area contributed by atoms with Gasteiger partial charge in [-0.15, -0.1) is 0 Å². The number of hydrogen-bond donors (Lipinski definition) is 0. The van der Waals surface area contributed by atoms with Crippen LogP contribution < -0.4 is 0 Å². The first kappa shape index (κ1) is 14.0. The number of carbonyl (C=O) groups is 1. The molecule has 0 aromatic carbocycles. The van der Waals surface area contributed by atoms with Crippen LogP contribution in [0.4, 0.5) is 0 Å². The van der Waals surface area contributed by atoms with Crippen LogP contribution in [-0.2, 0) is 9.53 Å². The zero-order valence-electron chi connectivity index (χ0n) is 11.9. The first-order valence-electron chi connectivity index (χ1n) is 7.39. The van der Waals surface area contributed by atoms with E-state index >= 15 is 0 Å². The number of aldehydes is 1. The molecule has 104 valence electrons. The van der Waals surface area contributed by atoms with E-state index in [0.29, 0.717) is 12.6 Å². The van der Waals surface area contributed by atoms with Gasteiger partial charge in [0.15, 0.2) is 0 Å². The van der Waals surface area contributed by atoms with Crippen LogP contribution in [0.2, 0.25) is 0 Å². The highest BCUT2D eigenvalue weighted by atomic mass is 16.5. The van der Waals surface area contributed by atoms with Gasteiger partial charge in [-0.1, -0.05) is 19.8 Å². The van der Waals surface area contributed by atoms with Crippen LogP contribution in [0, 0.1) is 11.3 Å². The highest BCUT2D eigenvalue weighted by molar-refractivity contribution is 5.60. The molecule has 3 nitrogen and oxygen atoms in total. The quantitative estimate of drug-likeness (QED) is 0.721. The van der Waals surface area contributed by atoms with Crippen molar-refractivity contribution in [2.45, 2.75) is 51.5 Å². The largest absolute Gasteiger partial charge is 0.380 e. The fourth-order valence-corrected chi connectivity index (χ4v) is 3.56. The molecule has 18 heavy (non-hydrogen) atoms. The molecule has 0 N–H and O–H groups in total. The fourth-order valence-electron chi connectivity index (χ4n) is 3.56. The minimum absolute atomic E-state index is 0.242. The van der Waals surface area contributed by atoms with Crippen molar-refractivity contribution >= 4 is 6.29 Å². The standard InChI is InChI=1S/C15H27NO2/c1-13-5-3-6-14(9-13)16(2)10-15(11-17)7-4-8-18-12-15/h11,13-14H,3-10,12H2,1-2H3. The van der Waals surface area contributed by atoms with E-state index in [0.717, 1.165) is 38.2 Å². The summed E-state index contributed by atoms with van der Waals surface area (Å²) < 4.78 is 5.53. The van der Waals surface area contributed by atoms with E-state index in [1.807, 2.05) is 0 Å². The maximum absolute atomic E-state index is 11.5. The third kappa shape index (κ3) is 3.33. The van der Waals surface area contributed by atoms with Gasteiger partial charge in [-0.3, -0.25) is 0 Å². The predicted molar refractivity (Wildman–Crippen MR) is 72.6 cm³/mol. The normalized spacial score (nSPS) is 37.7. The van der Waals surface area contributed by atoms with Crippen LogP contribution in [0.3, 0.4) is 0 Å². The van der Waals surface area contributed by atoms with E-state index < -0.39 is 0 Å². The van der Waals surface area contributed by atoms with Gasteiger partial charge in [-0.25, -0.2) is 0 Å². The van der Waals surface area contributed by atoms with Gasteiger partial charge in [-0.2, -0.15) is 0 Å². The predicted octanol–water partition coefficient (Wildman–Crippen LogP) is 2.49. The lowest BCUT2D eigenvalue weighted by molar-refractivity contribution is -0.126. The second kappa shape index (κ2) is 6.16. The molecule has 1 aliphatic heterocycles. The van der Waals surface area contributed by atoms with E-state index in [4.69, 9.17) is 4.74 Å². The van der Waals surface area contributed by atoms with Crippen molar-refractivity contribution in [1.82, 2.24) is 4.90 Å². The number of ether oxygens (including phenoxy) is 1. The minimum atomic E-state index is -0.242. The Kier molecular flexibility index (Phi) is 4.79. The summed E-state index contributed by atoms with van der Waals surface area (Å²) in [4.78, 5) is 13.9. The number of carbonyl (C=O) groups excluding carboxylic acids is 1. The van der Waals surface area contributed by atoms with Gasteiger partial charge in [0.1, 0.15) is 6.29 Å². The Morgan fingerprint density at radius 1 is 1.39 bits per heavy atom. The number of hydrogen-bond acceptors (Lipinski definition) is 3. The van der Waals surface area contributed by atoms with Crippen LogP contribution in [-0.4, -0.2) is 44.0 Å². The summed E-state index contributed by atoms with van der Waals surface area (Å²) in [7, 11) is 2.18. The first-order valence-corrected chi connectivity index (χ1v) is 7.39. The summed E-state index contributed by atoms with van der Waals surface area (Å²) in [6.07, 6.45) is 8.43. The Morgan fingerprint density at radius 2 is 2.22 bits per heavy atom. The molecule has 1 heterocycles. The molecule has 0 spiro atoms. The van der Waals surface area contributed by atoms with E-state index in [-0.39, 0.29) is 5.41 Å². The molecule has 1 saturated heterocycles. The summed E-state index contributed by atoms with van der Waals surface area (Å²) in [6, 6.07) is 0.660. The van der Waals surface area contributed by atoms with Crippen molar-refractivity contribution in [2.75, 3.05) is 26.8 Å². The monoisotopic (exact) mass is 253 g/mol. The first-order chi connectivity index (χ1) is 8.65. The molecule has 2 rings (SSSR count). The molecule has 1 saturated carbocycles. The van der Waals surface area contributed by atoms with Crippen molar-refractivity contribution in [3.8, 4) is 0 Å². The average Bonchev–Trinajstić information content (AvgIpc) is 2.40.